The zero-order valence-electron chi connectivity index (χ0n) is 7.71. The predicted molar refractivity (Wildman–Crippen MR) is 52.5 cm³/mol. The fourth-order valence-electron chi connectivity index (χ4n) is 0.930. The summed E-state index contributed by atoms with van der Waals surface area (Å²) in [5.74, 6) is -0.611. The molecule has 1 aromatic rings. The smallest absolute Gasteiger partial charge is 0.335 e. The molecule has 6 nitrogen and oxygen atoms in total. The molecule has 3 amide bonds. The second-order valence-electron chi connectivity index (χ2n) is 2.59. The summed E-state index contributed by atoms with van der Waals surface area (Å²) in [7, 11) is 0. The van der Waals surface area contributed by atoms with Crippen molar-refractivity contribution in [2.45, 2.75) is 12.8 Å². The van der Waals surface area contributed by atoms with Crippen molar-refractivity contribution in [3.63, 3.8) is 0 Å². The number of aromatic nitrogens is 1. The molecule has 78 valence electrons. The average Bonchev–Trinajstić information content (AvgIpc) is 2.67. The second-order valence-corrected chi connectivity index (χ2v) is 3.57. The van der Waals surface area contributed by atoms with E-state index < -0.39 is 11.9 Å². The highest BCUT2D eigenvalue weighted by molar-refractivity contribution is 7.09. The number of carbonyl (C=O) groups is 2. The van der Waals surface area contributed by atoms with Crippen molar-refractivity contribution in [3.8, 4) is 6.19 Å². The van der Waals surface area contributed by atoms with Crippen LogP contribution in [0.25, 0.3) is 0 Å². The molecule has 1 heterocycles. The number of imide groups is 1. The molecule has 1 aromatic heterocycles. The minimum Gasteiger partial charge on any atom is -0.350 e. The summed E-state index contributed by atoms with van der Waals surface area (Å²) >= 11 is 1.41. The first kappa shape index (κ1) is 11.1. The number of amides is 3. The van der Waals surface area contributed by atoms with E-state index in [1.54, 1.807) is 11.6 Å². The lowest BCUT2D eigenvalue weighted by atomic mass is 10.3. The molecule has 0 unspecified atom stereocenters. The molecule has 0 aliphatic heterocycles. The average molecular weight is 224 g/mol. The van der Waals surface area contributed by atoms with Crippen LogP contribution >= 0.6 is 11.3 Å². The summed E-state index contributed by atoms with van der Waals surface area (Å²) in [5.41, 5.74) is 4.83. The number of aryl methyl sites for hydroxylation is 1. The molecular weight excluding hydrogens is 216 g/mol. The van der Waals surface area contributed by atoms with Gasteiger partial charge in [-0.3, -0.25) is 4.79 Å². The maximum absolute atomic E-state index is 11.3. The highest BCUT2D eigenvalue weighted by Gasteiger charge is 2.18. The number of carbonyl (C=O) groups excluding carboxylic acids is 2. The van der Waals surface area contributed by atoms with Crippen LogP contribution in [0.3, 0.4) is 0 Å². The Morgan fingerprint density at radius 3 is 2.87 bits per heavy atom. The number of nitriles is 1. The van der Waals surface area contributed by atoms with E-state index in [2.05, 4.69) is 4.98 Å². The Hall–Kier alpha value is -1.94. The topological polar surface area (TPSA) is 100 Å². The standard InChI is InChI=1S/C8H8N4O2S/c9-5-12(8(10)14)7(13)2-1-6-11-3-4-15-6/h3-4H,1-2H2,(H2,10,14). The Morgan fingerprint density at radius 1 is 1.67 bits per heavy atom. The Labute approximate surface area is 89.9 Å². The Bertz CT molecular complexity index is 395. The van der Waals surface area contributed by atoms with E-state index in [4.69, 9.17) is 11.0 Å². The van der Waals surface area contributed by atoms with Crippen LogP contribution in [0.5, 0.6) is 0 Å². The maximum Gasteiger partial charge on any atom is 0.335 e. The van der Waals surface area contributed by atoms with Gasteiger partial charge in [0.1, 0.15) is 0 Å². The number of primary amides is 1. The first-order chi connectivity index (χ1) is 7.15. The molecular formula is C8H8N4O2S. The summed E-state index contributed by atoms with van der Waals surface area (Å²) in [4.78, 5) is 26.2. The molecule has 7 heteroatoms. The summed E-state index contributed by atoms with van der Waals surface area (Å²) in [6.45, 7) is 0. The van der Waals surface area contributed by atoms with Crippen molar-refractivity contribution in [3.05, 3.63) is 16.6 Å². The second kappa shape index (κ2) is 5.07. The Morgan fingerprint density at radius 2 is 2.40 bits per heavy atom. The molecule has 0 saturated carbocycles. The van der Waals surface area contributed by atoms with Gasteiger partial charge in [-0.25, -0.2) is 9.78 Å². The van der Waals surface area contributed by atoms with Crippen molar-refractivity contribution in [2.75, 3.05) is 0 Å². The zero-order chi connectivity index (χ0) is 11.3. The minimum absolute atomic E-state index is 0.0456. The molecule has 0 spiro atoms. The molecule has 0 fully saturated rings. The van der Waals surface area contributed by atoms with Crippen molar-refractivity contribution >= 4 is 23.3 Å². The van der Waals surface area contributed by atoms with Gasteiger partial charge in [0.05, 0.1) is 5.01 Å². The van der Waals surface area contributed by atoms with E-state index in [1.807, 2.05) is 0 Å². The van der Waals surface area contributed by atoms with Gasteiger partial charge in [-0.1, -0.05) is 0 Å². The van der Waals surface area contributed by atoms with E-state index in [0.717, 1.165) is 5.01 Å². The fourth-order valence-corrected chi connectivity index (χ4v) is 1.55. The van der Waals surface area contributed by atoms with Gasteiger partial charge in [0.15, 0.2) is 6.19 Å². The molecule has 0 saturated heterocycles. The number of hydrogen-bond acceptors (Lipinski definition) is 5. The van der Waals surface area contributed by atoms with Crippen LogP contribution < -0.4 is 5.73 Å². The first-order valence-electron chi connectivity index (χ1n) is 4.05. The van der Waals surface area contributed by atoms with Crippen LogP contribution in [0.2, 0.25) is 0 Å². The SMILES string of the molecule is N#CN(C(N)=O)C(=O)CCc1nccs1. The third kappa shape index (κ3) is 3.03. The van der Waals surface area contributed by atoms with Gasteiger partial charge in [0, 0.05) is 24.4 Å². The normalized spacial score (nSPS) is 9.27. The molecule has 2 N–H and O–H groups in total. The first-order valence-corrected chi connectivity index (χ1v) is 4.93. The largest absolute Gasteiger partial charge is 0.350 e. The van der Waals surface area contributed by atoms with Crippen molar-refractivity contribution in [1.82, 2.24) is 9.88 Å². The number of nitrogens with two attached hydrogens (primary N) is 1. The fraction of sp³-hybridized carbons (Fsp3) is 0.250. The molecule has 0 aliphatic rings. The molecule has 0 bridgehead atoms. The summed E-state index contributed by atoms with van der Waals surface area (Å²) in [5, 5.41) is 11.0. The summed E-state index contributed by atoms with van der Waals surface area (Å²) in [6.07, 6.45) is 3.50. The number of hydrogen-bond donors (Lipinski definition) is 1. The van der Waals surface area contributed by atoms with Gasteiger partial charge >= 0.3 is 6.03 Å². The molecule has 1 rings (SSSR count). The Balaban J connectivity index is 2.49. The van der Waals surface area contributed by atoms with Crippen molar-refractivity contribution < 1.29 is 9.59 Å². The predicted octanol–water partition coefficient (Wildman–Crippen LogP) is 0.464. The van der Waals surface area contributed by atoms with Crippen molar-refractivity contribution in [1.29, 1.82) is 5.26 Å². The van der Waals surface area contributed by atoms with E-state index in [-0.39, 0.29) is 6.42 Å². The van der Waals surface area contributed by atoms with Crippen molar-refractivity contribution in [2.24, 2.45) is 5.73 Å². The quantitative estimate of drug-likeness (QED) is 0.595. The van der Waals surface area contributed by atoms with Crippen LogP contribution in [0.1, 0.15) is 11.4 Å². The zero-order valence-corrected chi connectivity index (χ0v) is 8.53. The van der Waals surface area contributed by atoms with E-state index in [9.17, 15) is 9.59 Å². The van der Waals surface area contributed by atoms with E-state index in [1.165, 1.54) is 17.5 Å². The lowest BCUT2D eigenvalue weighted by Gasteiger charge is -2.07. The summed E-state index contributed by atoms with van der Waals surface area (Å²) < 4.78 is 0. The van der Waals surface area contributed by atoms with E-state index in [0.29, 0.717) is 11.3 Å². The highest BCUT2D eigenvalue weighted by Crippen LogP contribution is 2.07. The molecule has 0 radical (unpaired) electrons. The lowest BCUT2D eigenvalue weighted by Crippen LogP contribution is -2.36. The van der Waals surface area contributed by atoms with Gasteiger partial charge in [-0.15, -0.1) is 11.3 Å². The third-order valence-electron chi connectivity index (χ3n) is 1.61. The van der Waals surface area contributed by atoms with Gasteiger partial charge in [0.25, 0.3) is 0 Å². The third-order valence-corrected chi connectivity index (χ3v) is 2.45. The highest BCUT2D eigenvalue weighted by atomic mass is 32.1. The van der Waals surface area contributed by atoms with Crippen LogP contribution in [-0.2, 0) is 11.2 Å². The lowest BCUT2D eigenvalue weighted by molar-refractivity contribution is -0.125. The van der Waals surface area contributed by atoms with E-state index >= 15 is 0 Å². The monoisotopic (exact) mass is 224 g/mol. The van der Waals surface area contributed by atoms with Gasteiger partial charge in [-0.2, -0.15) is 10.2 Å². The van der Waals surface area contributed by atoms with Crippen LogP contribution in [0.15, 0.2) is 11.6 Å². The Kier molecular flexibility index (Phi) is 3.76. The minimum atomic E-state index is -1.05. The van der Waals surface area contributed by atoms with Gasteiger partial charge < -0.3 is 5.73 Å². The number of urea groups is 1. The number of rotatable bonds is 3. The van der Waals surface area contributed by atoms with Gasteiger partial charge in [0.2, 0.25) is 5.91 Å². The van der Waals surface area contributed by atoms with Crippen LogP contribution in [0.4, 0.5) is 4.79 Å². The number of thiazole rings is 1. The van der Waals surface area contributed by atoms with Gasteiger partial charge in [-0.05, 0) is 0 Å². The number of nitrogens with zero attached hydrogens (tertiary/aromatic N) is 3. The molecule has 15 heavy (non-hydrogen) atoms. The van der Waals surface area contributed by atoms with Crippen LogP contribution in [0, 0.1) is 11.5 Å². The molecule has 0 aliphatic carbocycles. The maximum atomic E-state index is 11.3. The molecule has 0 aromatic carbocycles. The molecule has 0 atom stereocenters. The van der Waals surface area contributed by atoms with Crippen LogP contribution in [-0.4, -0.2) is 21.8 Å². The summed E-state index contributed by atoms with van der Waals surface area (Å²) in [6, 6.07) is -1.05.